The lowest BCUT2D eigenvalue weighted by Crippen LogP contribution is -2.19. The Morgan fingerprint density at radius 1 is 1.56 bits per heavy atom. The summed E-state index contributed by atoms with van der Waals surface area (Å²) in [5, 5.41) is 17.4. The zero-order chi connectivity index (χ0) is 12.1. The standard InChI is InChI=1S/C8H11BO6S/c1-3-14-5-4-6(15-9(11)12)16-7(5)8(10)13-2/h4,11-12H,3H2,1-2H3. The average Bonchev–Trinajstić information content (AvgIpc) is 2.59. The Hall–Kier alpha value is -1.25. The predicted octanol–water partition coefficient (Wildman–Crippen LogP) is 0.282. The van der Waals surface area contributed by atoms with Crippen molar-refractivity contribution in [1.29, 1.82) is 0 Å². The molecule has 2 N–H and O–H groups in total. The van der Waals surface area contributed by atoms with Crippen molar-refractivity contribution in [3.05, 3.63) is 10.9 Å². The van der Waals surface area contributed by atoms with Crippen LogP contribution in [0.1, 0.15) is 16.6 Å². The minimum absolute atomic E-state index is 0.166. The summed E-state index contributed by atoms with van der Waals surface area (Å²) in [6, 6.07) is 1.40. The number of rotatable bonds is 5. The molecule has 0 amide bonds. The number of ether oxygens (including phenoxy) is 2. The maximum Gasteiger partial charge on any atom is 0.708 e. The summed E-state index contributed by atoms with van der Waals surface area (Å²) in [6.45, 7) is 2.14. The van der Waals surface area contributed by atoms with E-state index in [-0.39, 0.29) is 9.94 Å². The van der Waals surface area contributed by atoms with Crippen molar-refractivity contribution in [2.24, 2.45) is 0 Å². The minimum Gasteiger partial charge on any atom is -0.504 e. The van der Waals surface area contributed by atoms with Crippen molar-refractivity contribution in [2.75, 3.05) is 13.7 Å². The molecule has 0 atom stereocenters. The van der Waals surface area contributed by atoms with E-state index in [0.717, 1.165) is 11.3 Å². The number of esters is 1. The second-order valence-electron chi connectivity index (χ2n) is 2.63. The summed E-state index contributed by atoms with van der Waals surface area (Å²) in [7, 11) is -0.683. The summed E-state index contributed by atoms with van der Waals surface area (Å²) < 4.78 is 14.4. The highest BCUT2D eigenvalue weighted by molar-refractivity contribution is 7.16. The van der Waals surface area contributed by atoms with E-state index in [1.807, 2.05) is 0 Å². The second kappa shape index (κ2) is 5.73. The molecule has 0 saturated carbocycles. The first-order valence-corrected chi connectivity index (χ1v) is 5.27. The fraction of sp³-hybridized carbons (Fsp3) is 0.375. The SMILES string of the molecule is CCOc1cc(OB(O)O)sc1C(=O)OC. The molecule has 0 saturated heterocycles. The van der Waals surface area contributed by atoms with Gasteiger partial charge in [-0.1, -0.05) is 11.3 Å². The Bertz CT molecular complexity index is 363. The summed E-state index contributed by atoms with van der Waals surface area (Å²) >= 11 is 0.919. The van der Waals surface area contributed by atoms with E-state index >= 15 is 0 Å². The molecule has 0 fully saturated rings. The van der Waals surface area contributed by atoms with Crippen molar-refractivity contribution in [3.63, 3.8) is 0 Å². The largest absolute Gasteiger partial charge is 0.708 e. The fourth-order valence-corrected chi connectivity index (χ4v) is 1.90. The van der Waals surface area contributed by atoms with Crippen LogP contribution in [0.15, 0.2) is 6.07 Å². The van der Waals surface area contributed by atoms with Gasteiger partial charge in [-0.05, 0) is 6.92 Å². The molecule has 0 aromatic carbocycles. The molecule has 0 aliphatic heterocycles. The summed E-state index contributed by atoms with van der Waals surface area (Å²) in [5.74, 6) is -0.259. The molecule has 1 rings (SSSR count). The van der Waals surface area contributed by atoms with Crippen LogP contribution in [0.2, 0.25) is 0 Å². The van der Waals surface area contributed by atoms with Crippen molar-refractivity contribution in [3.8, 4) is 10.8 Å². The normalized spacial score (nSPS) is 9.75. The van der Waals surface area contributed by atoms with E-state index in [0.29, 0.717) is 12.4 Å². The second-order valence-corrected chi connectivity index (χ2v) is 3.64. The number of carbonyl (C=O) groups excluding carboxylic acids is 1. The third-order valence-electron chi connectivity index (χ3n) is 1.57. The van der Waals surface area contributed by atoms with Gasteiger partial charge >= 0.3 is 13.3 Å². The topological polar surface area (TPSA) is 85.2 Å². The van der Waals surface area contributed by atoms with E-state index in [9.17, 15) is 4.79 Å². The fourth-order valence-electron chi connectivity index (χ4n) is 1.01. The van der Waals surface area contributed by atoms with Crippen LogP contribution in [0.25, 0.3) is 0 Å². The van der Waals surface area contributed by atoms with Gasteiger partial charge in [-0.2, -0.15) is 0 Å². The highest BCUT2D eigenvalue weighted by Crippen LogP contribution is 2.35. The number of thiophene rings is 1. The van der Waals surface area contributed by atoms with Crippen LogP contribution in [-0.2, 0) is 4.74 Å². The van der Waals surface area contributed by atoms with Crippen LogP contribution in [0, 0.1) is 0 Å². The van der Waals surface area contributed by atoms with Gasteiger partial charge in [-0.25, -0.2) is 4.79 Å². The first-order valence-electron chi connectivity index (χ1n) is 4.46. The number of methoxy groups -OCH3 is 1. The zero-order valence-electron chi connectivity index (χ0n) is 8.80. The predicted molar refractivity (Wildman–Crippen MR) is 57.6 cm³/mol. The van der Waals surface area contributed by atoms with E-state index in [4.69, 9.17) is 14.8 Å². The molecular weight excluding hydrogens is 235 g/mol. The third-order valence-corrected chi connectivity index (χ3v) is 2.55. The highest BCUT2D eigenvalue weighted by Gasteiger charge is 2.21. The van der Waals surface area contributed by atoms with Gasteiger partial charge in [-0.3, -0.25) is 0 Å². The van der Waals surface area contributed by atoms with Gasteiger partial charge in [0.25, 0.3) is 0 Å². The van der Waals surface area contributed by atoms with Crippen molar-refractivity contribution in [1.82, 2.24) is 0 Å². The van der Waals surface area contributed by atoms with Crippen LogP contribution in [-0.4, -0.2) is 37.1 Å². The van der Waals surface area contributed by atoms with Crippen LogP contribution >= 0.6 is 11.3 Å². The Morgan fingerprint density at radius 2 is 2.25 bits per heavy atom. The van der Waals surface area contributed by atoms with Gasteiger partial charge in [0.2, 0.25) is 0 Å². The number of hydrogen-bond donors (Lipinski definition) is 2. The first-order chi connectivity index (χ1) is 7.58. The van der Waals surface area contributed by atoms with Crippen LogP contribution in [0.3, 0.4) is 0 Å². The average molecular weight is 246 g/mol. The molecule has 16 heavy (non-hydrogen) atoms. The molecular formula is C8H11BO6S. The maximum atomic E-state index is 11.3. The molecule has 88 valence electrons. The number of carbonyl (C=O) groups is 1. The number of hydrogen-bond acceptors (Lipinski definition) is 7. The summed E-state index contributed by atoms with van der Waals surface area (Å²) in [6.07, 6.45) is 0. The molecule has 1 aromatic heterocycles. The van der Waals surface area contributed by atoms with Crippen LogP contribution in [0.4, 0.5) is 0 Å². The van der Waals surface area contributed by atoms with Crippen LogP contribution in [0.5, 0.6) is 10.8 Å². The summed E-state index contributed by atoms with van der Waals surface area (Å²) in [5.41, 5.74) is 0. The molecule has 0 unspecified atom stereocenters. The van der Waals surface area contributed by atoms with Crippen LogP contribution < -0.4 is 9.39 Å². The highest BCUT2D eigenvalue weighted by atomic mass is 32.1. The van der Waals surface area contributed by atoms with E-state index < -0.39 is 13.3 Å². The monoisotopic (exact) mass is 246 g/mol. The molecule has 1 heterocycles. The molecule has 0 spiro atoms. The Morgan fingerprint density at radius 3 is 2.75 bits per heavy atom. The third kappa shape index (κ3) is 3.12. The molecule has 8 heteroatoms. The van der Waals surface area contributed by atoms with Gasteiger partial charge in [0.05, 0.1) is 13.7 Å². The molecule has 0 radical (unpaired) electrons. The molecule has 0 bridgehead atoms. The van der Waals surface area contributed by atoms with Crippen molar-refractivity contribution in [2.45, 2.75) is 6.92 Å². The van der Waals surface area contributed by atoms with Gasteiger partial charge in [0.1, 0.15) is 5.75 Å². The van der Waals surface area contributed by atoms with Gasteiger partial charge < -0.3 is 24.2 Å². The quantitative estimate of drug-likeness (QED) is 0.573. The lowest BCUT2D eigenvalue weighted by Gasteiger charge is -2.01. The Balaban J connectivity index is 2.95. The molecule has 0 aliphatic rings. The lowest BCUT2D eigenvalue weighted by atomic mass is 10.3. The Labute approximate surface area is 96.5 Å². The minimum atomic E-state index is -1.93. The molecule has 1 aromatic rings. The smallest absolute Gasteiger partial charge is 0.504 e. The zero-order valence-corrected chi connectivity index (χ0v) is 9.61. The Kier molecular flexibility index (Phi) is 4.60. The van der Waals surface area contributed by atoms with E-state index in [1.54, 1.807) is 6.92 Å². The van der Waals surface area contributed by atoms with Gasteiger partial charge in [0, 0.05) is 6.07 Å². The summed E-state index contributed by atoms with van der Waals surface area (Å²) in [4.78, 5) is 11.6. The van der Waals surface area contributed by atoms with Gasteiger partial charge in [0.15, 0.2) is 9.94 Å². The van der Waals surface area contributed by atoms with Crippen molar-refractivity contribution < 1.29 is 29.0 Å². The van der Waals surface area contributed by atoms with E-state index in [2.05, 4.69) is 9.39 Å². The first kappa shape index (κ1) is 12.8. The van der Waals surface area contributed by atoms with Crippen molar-refractivity contribution >= 4 is 24.6 Å². The maximum absolute atomic E-state index is 11.3. The lowest BCUT2D eigenvalue weighted by molar-refractivity contribution is 0.0602. The molecule has 0 aliphatic carbocycles. The molecule has 6 nitrogen and oxygen atoms in total. The van der Waals surface area contributed by atoms with Gasteiger partial charge in [-0.15, -0.1) is 0 Å². The van der Waals surface area contributed by atoms with E-state index in [1.165, 1.54) is 13.2 Å².